The van der Waals surface area contributed by atoms with Crippen molar-refractivity contribution in [2.24, 2.45) is 11.7 Å². The Bertz CT molecular complexity index is 367. The number of aliphatic hydroxyl groups excluding tert-OH is 1. The molecule has 2 rings (SSSR count). The molecule has 0 spiro atoms. The maximum absolute atomic E-state index is 10.4. The van der Waals surface area contributed by atoms with Crippen LogP contribution >= 0.6 is 0 Å². The summed E-state index contributed by atoms with van der Waals surface area (Å²) in [5.74, 6) is 0.369. The van der Waals surface area contributed by atoms with Gasteiger partial charge in [-0.2, -0.15) is 0 Å². The van der Waals surface area contributed by atoms with Gasteiger partial charge in [0.1, 0.15) is 0 Å². The predicted molar refractivity (Wildman–Crippen MR) is 69.8 cm³/mol. The zero-order chi connectivity index (χ0) is 12.3. The normalized spacial score (nSPS) is 22.9. The lowest BCUT2D eigenvalue weighted by Gasteiger charge is -2.19. The molecule has 0 saturated carbocycles. The van der Waals surface area contributed by atoms with E-state index in [0.29, 0.717) is 12.5 Å². The third-order valence-corrected chi connectivity index (χ3v) is 3.60. The lowest BCUT2D eigenvalue weighted by atomic mass is 9.93. The van der Waals surface area contributed by atoms with Gasteiger partial charge in [0.25, 0.3) is 0 Å². The summed E-state index contributed by atoms with van der Waals surface area (Å²) in [6.45, 7) is 2.73. The minimum absolute atomic E-state index is 0.335. The topological polar surface area (TPSA) is 49.5 Å². The molecule has 1 aliphatic rings. The van der Waals surface area contributed by atoms with E-state index >= 15 is 0 Å². The van der Waals surface area contributed by atoms with Gasteiger partial charge in [0, 0.05) is 12.5 Å². The molecule has 3 nitrogen and oxygen atoms in total. The molecular formula is C14H22N2O. The number of aliphatic hydroxyl groups is 1. The average Bonchev–Trinajstić information content (AvgIpc) is 2.76. The summed E-state index contributed by atoms with van der Waals surface area (Å²) in [5, 5.41) is 10.4. The molecule has 0 aromatic heterocycles. The molecular weight excluding hydrogens is 212 g/mol. The molecule has 0 aliphatic carbocycles. The summed E-state index contributed by atoms with van der Waals surface area (Å²) < 4.78 is 0. The minimum atomic E-state index is -0.335. The molecule has 1 fully saturated rings. The standard InChI is InChI=1S/C14H22N2O/c1-16-8-6-13(10-16)14(17)12-4-2-3-11(9-12)5-7-15/h2-4,9,13-14,17H,5-8,10,15H2,1H3. The summed E-state index contributed by atoms with van der Waals surface area (Å²) in [5.41, 5.74) is 7.81. The number of benzene rings is 1. The second-order valence-electron chi connectivity index (χ2n) is 5.04. The van der Waals surface area contributed by atoms with E-state index in [0.717, 1.165) is 31.5 Å². The number of rotatable bonds is 4. The molecule has 0 radical (unpaired) electrons. The van der Waals surface area contributed by atoms with Crippen molar-refractivity contribution in [3.8, 4) is 0 Å². The van der Waals surface area contributed by atoms with Crippen molar-refractivity contribution < 1.29 is 5.11 Å². The van der Waals surface area contributed by atoms with Gasteiger partial charge in [-0.25, -0.2) is 0 Å². The first-order valence-electron chi connectivity index (χ1n) is 6.36. The van der Waals surface area contributed by atoms with Gasteiger partial charge in [-0.1, -0.05) is 24.3 Å². The predicted octanol–water partition coefficient (Wildman–Crippen LogP) is 1.17. The van der Waals surface area contributed by atoms with E-state index < -0.39 is 0 Å². The Morgan fingerprint density at radius 1 is 1.53 bits per heavy atom. The van der Waals surface area contributed by atoms with Crippen molar-refractivity contribution >= 4 is 0 Å². The van der Waals surface area contributed by atoms with Crippen LogP contribution in [-0.2, 0) is 6.42 Å². The molecule has 1 aromatic carbocycles. The molecule has 1 aliphatic heterocycles. The largest absolute Gasteiger partial charge is 0.388 e. The molecule has 2 atom stereocenters. The summed E-state index contributed by atoms with van der Waals surface area (Å²) in [7, 11) is 2.11. The van der Waals surface area contributed by atoms with Gasteiger partial charge < -0.3 is 15.7 Å². The highest BCUT2D eigenvalue weighted by Gasteiger charge is 2.27. The molecule has 94 valence electrons. The van der Waals surface area contributed by atoms with Gasteiger partial charge in [0.2, 0.25) is 0 Å². The maximum Gasteiger partial charge on any atom is 0.0831 e. The summed E-state index contributed by atoms with van der Waals surface area (Å²) in [6.07, 6.45) is 1.63. The third-order valence-electron chi connectivity index (χ3n) is 3.60. The van der Waals surface area contributed by atoms with Crippen LogP contribution in [0.3, 0.4) is 0 Å². The monoisotopic (exact) mass is 234 g/mol. The van der Waals surface area contributed by atoms with Crippen LogP contribution in [0.25, 0.3) is 0 Å². The Labute approximate surface area is 103 Å². The van der Waals surface area contributed by atoms with Crippen molar-refractivity contribution in [3.05, 3.63) is 35.4 Å². The zero-order valence-electron chi connectivity index (χ0n) is 10.5. The Hall–Kier alpha value is -0.900. The second-order valence-corrected chi connectivity index (χ2v) is 5.04. The summed E-state index contributed by atoms with van der Waals surface area (Å²) >= 11 is 0. The van der Waals surface area contributed by atoms with E-state index in [1.54, 1.807) is 0 Å². The van der Waals surface area contributed by atoms with Crippen LogP contribution in [0.1, 0.15) is 23.7 Å². The van der Waals surface area contributed by atoms with Gasteiger partial charge in [0.15, 0.2) is 0 Å². The van der Waals surface area contributed by atoms with Gasteiger partial charge in [0.05, 0.1) is 6.10 Å². The number of nitrogens with two attached hydrogens (primary N) is 1. The fourth-order valence-electron chi connectivity index (χ4n) is 2.60. The van der Waals surface area contributed by atoms with Gasteiger partial charge in [-0.3, -0.25) is 0 Å². The minimum Gasteiger partial charge on any atom is -0.388 e. The number of nitrogens with zero attached hydrogens (tertiary/aromatic N) is 1. The van der Waals surface area contributed by atoms with E-state index in [2.05, 4.69) is 24.1 Å². The Morgan fingerprint density at radius 2 is 2.35 bits per heavy atom. The smallest absolute Gasteiger partial charge is 0.0831 e. The number of hydrogen-bond donors (Lipinski definition) is 2. The molecule has 1 saturated heterocycles. The Balaban J connectivity index is 2.07. The highest BCUT2D eigenvalue weighted by Crippen LogP contribution is 2.29. The molecule has 3 heteroatoms. The van der Waals surface area contributed by atoms with Crippen molar-refractivity contribution in [3.63, 3.8) is 0 Å². The van der Waals surface area contributed by atoms with Crippen LogP contribution in [0.15, 0.2) is 24.3 Å². The fraction of sp³-hybridized carbons (Fsp3) is 0.571. The van der Waals surface area contributed by atoms with Crippen LogP contribution in [0.2, 0.25) is 0 Å². The van der Waals surface area contributed by atoms with Crippen LogP contribution in [0.5, 0.6) is 0 Å². The molecule has 3 N–H and O–H groups in total. The van der Waals surface area contributed by atoms with E-state index in [9.17, 15) is 5.11 Å². The van der Waals surface area contributed by atoms with Crippen molar-refractivity contribution in [2.75, 3.05) is 26.7 Å². The van der Waals surface area contributed by atoms with Gasteiger partial charge >= 0.3 is 0 Å². The van der Waals surface area contributed by atoms with E-state index in [1.807, 2.05) is 12.1 Å². The first-order valence-corrected chi connectivity index (χ1v) is 6.36. The van der Waals surface area contributed by atoms with E-state index in [4.69, 9.17) is 5.73 Å². The molecule has 0 amide bonds. The van der Waals surface area contributed by atoms with Crippen molar-refractivity contribution in [2.45, 2.75) is 18.9 Å². The number of hydrogen-bond acceptors (Lipinski definition) is 3. The fourth-order valence-corrected chi connectivity index (χ4v) is 2.60. The van der Waals surface area contributed by atoms with Crippen LogP contribution in [0, 0.1) is 5.92 Å². The Morgan fingerprint density at radius 3 is 3.00 bits per heavy atom. The second kappa shape index (κ2) is 5.63. The first kappa shape index (κ1) is 12.6. The summed E-state index contributed by atoms with van der Waals surface area (Å²) in [6, 6.07) is 8.20. The Kier molecular flexibility index (Phi) is 4.15. The first-order chi connectivity index (χ1) is 8.20. The van der Waals surface area contributed by atoms with Crippen LogP contribution in [-0.4, -0.2) is 36.7 Å². The van der Waals surface area contributed by atoms with Crippen LogP contribution in [0.4, 0.5) is 0 Å². The molecule has 17 heavy (non-hydrogen) atoms. The van der Waals surface area contributed by atoms with Crippen molar-refractivity contribution in [1.82, 2.24) is 4.90 Å². The molecule has 1 heterocycles. The van der Waals surface area contributed by atoms with Gasteiger partial charge in [-0.15, -0.1) is 0 Å². The highest BCUT2D eigenvalue weighted by atomic mass is 16.3. The van der Waals surface area contributed by atoms with E-state index in [-0.39, 0.29) is 6.10 Å². The molecule has 0 bridgehead atoms. The SMILES string of the molecule is CN1CCC(C(O)c2cccc(CCN)c2)C1. The van der Waals surface area contributed by atoms with Gasteiger partial charge in [-0.05, 0) is 44.1 Å². The quantitative estimate of drug-likeness (QED) is 0.822. The number of likely N-dealkylation sites (tertiary alicyclic amines) is 1. The lowest BCUT2D eigenvalue weighted by molar-refractivity contribution is 0.113. The van der Waals surface area contributed by atoms with E-state index in [1.165, 1.54) is 5.56 Å². The van der Waals surface area contributed by atoms with Crippen molar-refractivity contribution in [1.29, 1.82) is 0 Å². The molecule has 1 aromatic rings. The summed E-state index contributed by atoms with van der Waals surface area (Å²) in [4.78, 5) is 2.28. The maximum atomic E-state index is 10.4. The zero-order valence-corrected chi connectivity index (χ0v) is 10.5. The lowest BCUT2D eigenvalue weighted by Crippen LogP contribution is -2.18. The third kappa shape index (κ3) is 3.06. The molecule has 2 unspecified atom stereocenters. The highest BCUT2D eigenvalue weighted by molar-refractivity contribution is 5.26. The van der Waals surface area contributed by atoms with Crippen LogP contribution < -0.4 is 5.73 Å². The average molecular weight is 234 g/mol.